The smallest absolute Gasteiger partial charge is 0.191 e. The largest absolute Gasteiger partial charge is 0.357 e. The van der Waals surface area contributed by atoms with Gasteiger partial charge in [-0.3, -0.25) is 9.89 Å². The van der Waals surface area contributed by atoms with Gasteiger partial charge in [0.25, 0.3) is 0 Å². The molecule has 1 aliphatic rings. The highest BCUT2D eigenvalue weighted by Gasteiger charge is 2.19. The Morgan fingerprint density at radius 3 is 2.43 bits per heavy atom. The normalized spacial score (nSPS) is 18.7. The van der Waals surface area contributed by atoms with Crippen LogP contribution in [0.1, 0.15) is 20.8 Å². The van der Waals surface area contributed by atoms with Crippen molar-refractivity contribution < 1.29 is 0 Å². The number of likely N-dealkylation sites (N-methyl/N-ethyl adjacent to an activating group) is 1. The average molecular weight is 409 g/mol. The van der Waals surface area contributed by atoms with Gasteiger partial charge in [0.05, 0.1) is 6.54 Å². The summed E-state index contributed by atoms with van der Waals surface area (Å²) in [6.07, 6.45) is 1.85. The van der Waals surface area contributed by atoms with Crippen LogP contribution in [0.3, 0.4) is 0 Å². The predicted octanol–water partition coefficient (Wildman–Crippen LogP) is 1.37. The molecule has 0 spiro atoms. The lowest BCUT2D eigenvalue weighted by Crippen LogP contribution is -2.50. The highest BCUT2D eigenvalue weighted by molar-refractivity contribution is 14.0. The lowest BCUT2D eigenvalue weighted by atomic mass is 10.2. The van der Waals surface area contributed by atoms with Crippen LogP contribution in [-0.4, -0.2) is 74.2 Å². The summed E-state index contributed by atoms with van der Waals surface area (Å²) >= 11 is 0. The van der Waals surface area contributed by atoms with E-state index in [1.165, 1.54) is 13.1 Å². The number of nitrogens with zero attached hydrogens (tertiary/aromatic N) is 3. The van der Waals surface area contributed by atoms with Crippen molar-refractivity contribution in [1.82, 2.24) is 20.4 Å². The molecule has 0 aliphatic carbocycles. The van der Waals surface area contributed by atoms with Crippen LogP contribution in [0, 0.1) is 0 Å². The number of hydrogen-bond acceptors (Lipinski definition) is 3. The van der Waals surface area contributed by atoms with E-state index in [9.17, 15) is 0 Å². The van der Waals surface area contributed by atoms with E-state index in [1.807, 2.05) is 6.08 Å². The summed E-state index contributed by atoms with van der Waals surface area (Å²) in [7, 11) is 0. The lowest BCUT2D eigenvalue weighted by Gasteiger charge is -2.37. The van der Waals surface area contributed by atoms with E-state index in [-0.39, 0.29) is 24.0 Å². The highest BCUT2D eigenvalue weighted by Crippen LogP contribution is 2.06. The maximum Gasteiger partial charge on any atom is 0.191 e. The van der Waals surface area contributed by atoms with Crippen LogP contribution in [0.2, 0.25) is 0 Å². The number of nitrogens with one attached hydrogen (secondary N) is 2. The number of guanidine groups is 1. The van der Waals surface area contributed by atoms with Gasteiger partial charge in [0.2, 0.25) is 0 Å². The summed E-state index contributed by atoms with van der Waals surface area (Å²) < 4.78 is 0. The van der Waals surface area contributed by atoms with Gasteiger partial charge in [-0.1, -0.05) is 13.0 Å². The minimum Gasteiger partial charge on any atom is -0.357 e. The zero-order valence-corrected chi connectivity index (χ0v) is 16.1. The predicted molar refractivity (Wildman–Crippen MR) is 103 cm³/mol. The van der Waals surface area contributed by atoms with Crippen LogP contribution < -0.4 is 10.6 Å². The van der Waals surface area contributed by atoms with E-state index in [2.05, 4.69) is 52.8 Å². The Kier molecular flexibility index (Phi) is 12.0. The Morgan fingerprint density at radius 1 is 1.24 bits per heavy atom. The van der Waals surface area contributed by atoms with Crippen LogP contribution in [0.4, 0.5) is 0 Å². The van der Waals surface area contributed by atoms with Gasteiger partial charge >= 0.3 is 0 Å². The second-order valence-corrected chi connectivity index (χ2v) is 5.21. The lowest BCUT2D eigenvalue weighted by molar-refractivity contribution is 0.109. The van der Waals surface area contributed by atoms with Crippen molar-refractivity contribution in [3.05, 3.63) is 12.7 Å². The Hall–Kier alpha value is -0.340. The fourth-order valence-corrected chi connectivity index (χ4v) is 2.37. The van der Waals surface area contributed by atoms with Gasteiger partial charge in [0, 0.05) is 45.3 Å². The maximum atomic E-state index is 4.66. The SMILES string of the molecule is C=CCNC(=NCC(C)N1CCN(CC)CC1)NCC.I. The Balaban J connectivity index is 0.00000400. The van der Waals surface area contributed by atoms with Crippen molar-refractivity contribution in [2.45, 2.75) is 26.8 Å². The van der Waals surface area contributed by atoms with Crippen molar-refractivity contribution in [3.8, 4) is 0 Å². The van der Waals surface area contributed by atoms with Crippen molar-refractivity contribution in [2.24, 2.45) is 4.99 Å². The van der Waals surface area contributed by atoms with Gasteiger partial charge in [-0.25, -0.2) is 0 Å². The topological polar surface area (TPSA) is 42.9 Å². The molecule has 0 aromatic rings. The fraction of sp³-hybridized carbons (Fsp3) is 0.800. The molecule has 1 atom stereocenters. The first-order chi connectivity index (χ1) is 9.71. The Labute approximate surface area is 147 Å². The van der Waals surface area contributed by atoms with Crippen molar-refractivity contribution in [2.75, 3.05) is 52.4 Å². The number of aliphatic imine (C=N–C) groups is 1. The van der Waals surface area contributed by atoms with Crippen molar-refractivity contribution in [3.63, 3.8) is 0 Å². The number of piperazine rings is 1. The van der Waals surface area contributed by atoms with Gasteiger partial charge in [-0.05, 0) is 20.4 Å². The molecule has 5 nitrogen and oxygen atoms in total. The first kappa shape index (κ1) is 20.7. The van der Waals surface area contributed by atoms with Gasteiger partial charge < -0.3 is 15.5 Å². The molecule has 1 fully saturated rings. The maximum absolute atomic E-state index is 4.66. The molecule has 0 radical (unpaired) electrons. The van der Waals surface area contributed by atoms with Gasteiger partial charge in [-0.15, -0.1) is 30.6 Å². The van der Waals surface area contributed by atoms with Crippen molar-refractivity contribution >= 4 is 29.9 Å². The van der Waals surface area contributed by atoms with Crippen LogP contribution in [0.25, 0.3) is 0 Å². The summed E-state index contributed by atoms with van der Waals surface area (Å²) in [6, 6.07) is 0.494. The molecule has 1 rings (SSSR count). The minimum atomic E-state index is 0. The fourth-order valence-electron chi connectivity index (χ4n) is 2.37. The molecule has 0 amide bonds. The molecule has 1 aliphatic heterocycles. The number of rotatable bonds is 7. The van der Waals surface area contributed by atoms with Crippen LogP contribution in [0.5, 0.6) is 0 Å². The third kappa shape index (κ3) is 8.01. The first-order valence-corrected chi connectivity index (χ1v) is 7.80. The molecule has 124 valence electrons. The molecule has 21 heavy (non-hydrogen) atoms. The Bertz CT molecular complexity index is 300. The summed E-state index contributed by atoms with van der Waals surface area (Å²) in [5, 5.41) is 6.50. The molecule has 1 saturated heterocycles. The molecule has 1 unspecified atom stereocenters. The first-order valence-electron chi connectivity index (χ1n) is 7.80. The monoisotopic (exact) mass is 409 g/mol. The molecule has 0 bridgehead atoms. The highest BCUT2D eigenvalue weighted by atomic mass is 127. The summed E-state index contributed by atoms with van der Waals surface area (Å²) in [5.74, 6) is 0.881. The van der Waals surface area contributed by atoms with E-state index < -0.39 is 0 Å². The molecule has 0 aromatic heterocycles. The molecule has 0 saturated carbocycles. The summed E-state index contributed by atoms with van der Waals surface area (Å²) in [4.78, 5) is 9.69. The standard InChI is InChI=1S/C15H31N5.HI/c1-5-8-17-15(16-6-2)18-13-14(4)20-11-9-19(7-3)10-12-20;/h5,14H,1,6-13H2,2-4H3,(H2,16,17,18);1H. The third-order valence-corrected chi connectivity index (χ3v) is 3.75. The van der Waals surface area contributed by atoms with Crippen LogP contribution in [-0.2, 0) is 0 Å². The zero-order valence-electron chi connectivity index (χ0n) is 13.8. The van der Waals surface area contributed by atoms with E-state index in [0.717, 1.165) is 45.2 Å². The molecular weight excluding hydrogens is 377 g/mol. The Morgan fingerprint density at radius 2 is 1.90 bits per heavy atom. The van der Waals surface area contributed by atoms with Gasteiger partial charge in [0.1, 0.15) is 0 Å². The average Bonchev–Trinajstić information content (AvgIpc) is 2.49. The summed E-state index contributed by atoms with van der Waals surface area (Å²) in [6.45, 7) is 18.6. The van der Waals surface area contributed by atoms with Gasteiger partial charge in [0.15, 0.2) is 5.96 Å². The van der Waals surface area contributed by atoms with Crippen molar-refractivity contribution in [1.29, 1.82) is 0 Å². The van der Waals surface area contributed by atoms with Gasteiger partial charge in [-0.2, -0.15) is 0 Å². The second-order valence-electron chi connectivity index (χ2n) is 5.21. The quantitative estimate of drug-likeness (QED) is 0.289. The zero-order chi connectivity index (χ0) is 14.8. The molecule has 6 heteroatoms. The molecular formula is C15H32IN5. The third-order valence-electron chi connectivity index (χ3n) is 3.75. The molecule has 1 heterocycles. The van der Waals surface area contributed by atoms with Crippen LogP contribution >= 0.6 is 24.0 Å². The second kappa shape index (κ2) is 12.2. The van der Waals surface area contributed by atoms with E-state index in [4.69, 9.17) is 0 Å². The summed E-state index contributed by atoms with van der Waals surface area (Å²) in [5.41, 5.74) is 0. The van der Waals surface area contributed by atoms with E-state index in [1.54, 1.807) is 0 Å². The minimum absolute atomic E-state index is 0. The van der Waals surface area contributed by atoms with E-state index in [0.29, 0.717) is 6.04 Å². The molecule has 0 aromatic carbocycles. The van der Waals surface area contributed by atoms with Crippen LogP contribution in [0.15, 0.2) is 17.6 Å². The number of hydrogen-bond donors (Lipinski definition) is 2. The molecule has 2 N–H and O–H groups in total. The van der Waals surface area contributed by atoms with E-state index >= 15 is 0 Å². The number of halogens is 1.